The molecule has 0 aromatic carbocycles. The van der Waals surface area contributed by atoms with E-state index in [1.807, 2.05) is 6.92 Å². The predicted molar refractivity (Wildman–Crippen MR) is 59.3 cm³/mol. The van der Waals surface area contributed by atoms with Gasteiger partial charge < -0.3 is 14.3 Å². The minimum absolute atomic E-state index is 0.0734. The number of aromatic nitrogens is 2. The zero-order valence-corrected chi connectivity index (χ0v) is 9.86. The van der Waals surface area contributed by atoms with Crippen molar-refractivity contribution < 1.29 is 19.1 Å². The molecule has 0 unspecified atom stereocenters. The number of carboxylic acid groups (broad SMARTS) is 1. The molecule has 0 saturated heterocycles. The number of aryl methyl sites for hydroxylation is 1. The Morgan fingerprint density at radius 2 is 2.29 bits per heavy atom. The summed E-state index contributed by atoms with van der Waals surface area (Å²) in [5, 5.41) is 18.1. The van der Waals surface area contributed by atoms with Crippen LogP contribution in [0.2, 0.25) is 0 Å². The van der Waals surface area contributed by atoms with Gasteiger partial charge in [0.15, 0.2) is 11.5 Å². The van der Waals surface area contributed by atoms with Crippen LogP contribution in [-0.2, 0) is 13.0 Å². The smallest absolute Gasteiger partial charge is 0.349 e. The lowest BCUT2D eigenvalue weighted by Crippen LogP contribution is -2.00. The Morgan fingerprint density at radius 3 is 2.94 bits per heavy atom. The summed E-state index contributed by atoms with van der Waals surface area (Å²) in [5.41, 5.74) is 0. The maximum absolute atomic E-state index is 10.8. The van der Waals surface area contributed by atoms with E-state index in [0.717, 1.165) is 11.3 Å². The van der Waals surface area contributed by atoms with Gasteiger partial charge in [-0.15, -0.1) is 21.5 Å². The fourth-order valence-corrected chi connectivity index (χ4v) is 1.87. The van der Waals surface area contributed by atoms with Crippen molar-refractivity contribution in [1.82, 2.24) is 10.2 Å². The number of aromatic carboxylic acids is 1. The second-order valence-corrected chi connectivity index (χ2v) is 4.07. The van der Waals surface area contributed by atoms with Crippen molar-refractivity contribution in [3.63, 3.8) is 0 Å². The standard InChI is InChI=1S/C10H10N2O4S/c1-2-7-11-12-8(16-7)5-15-6-3-4-17-9(6)10(13)14/h3-4H,2,5H2,1H3,(H,13,14). The normalized spacial score (nSPS) is 10.4. The second-order valence-electron chi connectivity index (χ2n) is 3.15. The second kappa shape index (κ2) is 4.96. The molecule has 7 heteroatoms. The summed E-state index contributed by atoms with van der Waals surface area (Å²) >= 11 is 1.11. The van der Waals surface area contributed by atoms with Crippen LogP contribution >= 0.6 is 11.3 Å². The van der Waals surface area contributed by atoms with Crippen molar-refractivity contribution in [2.75, 3.05) is 0 Å². The molecule has 0 aliphatic rings. The van der Waals surface area contributed by atoms with Gasteiger partial charge in [-0.25, -0.2) is 4.79 Å². The minimum Gasteiger partial charge on any atom is -0.482 e. The summed E-state index contributed by atoms with van der Waals surface area (Å²) in [7, 11) is 0. The monoisotopic (exact) mass is 254 g/mol. The van der Waals surface area contributed by atoms with Gasteiger partial charge >= 0.3 is 5.97 Å². The van der Waals surface area contributed by atoms with Crippen LogP contribution in [0, 0.1) is 0 Å². The maximum Gasteiger partial charge on any atom is 0.349 e. The number of hydrogen-bond acceptors (Lipinski definition) is 6. The van der Waals surface area contributed by atoms with E-state index in [9.17, 15) is 4.79 Å². The van der Waals surface area contributed by atoms with E-state index in [2.05, 4.69) is 10.2 Å². The van der Waals surface area contributed by atoms with Crippen LogP contribution in [0.15, 0.2) is 15.9 Å². The third kappa shape index (κ3) is 2.62. The molecule has 0 aliphatic heterocycles. The van der Waals surface area contributed by atoms with E-state index in [-0.39, 0.29) is 11.5 Å². The highest BCUT2D eigenvalue weighted by Gasteiger charge is 2.14. The Kier molecular flexibility index (Phi) is 3.38. The first-order valence-electron chi connectivity index (χ1n) is 4.95. The summed E-state index contributed by atoms with van der Waals surface area (Å²) in [6.45, 7) is 1.98. The van der Waals surface area contributed by atoms with Gasteiger partial charge in [0, 0.05) is 6.42 Å². The number of carboxylic acids is 1. The lowest BCUT2D eigenvalue weighted by molar-refractivity contribution is 0.0697. The molecule has 90 valence electrons. The fourth-order valence-electron chi connectivity index (χ4n) is 1.20. The van der Waals surface area contributed by atoms with E-state index in [1.165, 1.54) is 0 Å². The van der Waals surface area contributed by atoms with Crippen LogP contribution < -0.4 is 4.74 Å². The third-order valence-corrected chi connectivity index (χ3v) is 2.87. The summed E-state index contributed by atoms with van der Waals surface area (Å²) < 4.78 is 10.6. The van der Waals surface area contributed by atoms with Gasteiger partial charge in [-0.1, -0.05) is 6.92 Å². The zero-order chi connectivity index (χ0) is 12.3. The molecule has 0 saturated carbocycles. The first-order chi connectivity index (χ1) is 8.20. The molecule has 2 aromatic heterocycles. The number of rotatable bonds is 5. The van der Waals surface area contributed by atoms with Gasteiger partial charge in [0.25, 0.3) is 5.89 Å². The van der Waals surface area contributed by atoms with Gasteiger partial charge in [0.05, 0.1) is 0 Å². The van der Waals surface area contributed by atoms with Crippen molar-refractivity contribution >= 4 is 17.3 Å². The first kappa shape index (κ1) is 11.6. The highest BCUT2D eigenvalue weighted by Crippen LogP contribution is 2.25. The molecular weight excluding hydrogens is 244 g/mol. The van der Waals surface area contributed by atoms with E-state index in [0.29, 0.717) is 24.0 Å². The van der Waals surface area contributed by atoms with Gasteiger partial charge in [-0.05, 0) is 11.4 Å². The molecule has 0 aliphatic carbocycles. The molecule has 2 heterocycles. The molecule has 0 fully saturated rings. The third-order valence-electron chi connectivity index (χ3n) is 1.99. The molecular formula is C10H10N2O4S. The largest absolute Gasteiger partial charge is 0.482 e. The molecule has 0 atom stereocenters. The van der Waals surface area contributed by atoms with Crippen molar-refractivity contribution in [2.45, 2.75) is 20.0 Å². The van der Waals surface area contributed by atoms with Crippen LogP contribution in [0.4, 0.5) is 0 Å². The van der Waals surface area contributed by atoms with Gasteiger partial charge in [-0.2, -0.15) is 0 Å². The lowest BCUT2D eigenvalue weighted by Gasteiger charge is -2.01. The molecule has 0 bridgehead atoms. The number of carbonyl (C=O) groups is 1. The topological polar surface area (TPSA) is 85.5 Å². The molecule has 0 amide bonds. The van der Waals surface area contributed by atoms with Gasteiger partial charge in [0.2, 0.25) is 5.89 Å². The van der Waals surface area contributed by atoms with Gasteiger partial charge in [0.1, 0.15) is 5.75 Å². The highest BCUT2D eigenvalue weighted by atomic mass is 32.1. The van der Waals surface area contributed by atoms with Crippen LogP contribution in [0.25, 0.3) is 0 Å². The lowest BCUT2D eigenvalue weighted by atomic mass is 10.4. The van der Waals surface area contributed by atoms with Crippen LogP contribution in [0.1, 0.15) is 28.4 Å². The Balaban J connectivity index is 2.02. The van der Waals surface area contributed by atoms with Gasteiger partial charge in [-0.3, -0.25) is 0 Å². The van der Waals surface area contributed by atoms with E-state index in [1.54, 1.807) is 11.4 Å². The van der Waals surface area contributed by atoms with Crippen LogP contribution in [0.3, 0.4) is 0 Å². The minimum atomic E-state index is -1.00. The number of ether oxygens (including phenoxy) is 1. The van der Waals surface area contributed by atoms with Crippen molar-refractivity contribution in [3.8, 4) is 5.75 Å². The highest BCUT2D eigenvalue weighted by molar-refractivity contribution is 7.12. The number of hydrogen-bond donors (Lipinski definition) is 1. The molecule has 1 N–H and O–H groups in total. The van der Waals surface area contributed by atoms with E-state index < -0.39 is 5.97 Å². The van der Waals surface area contributed by atoms with E-state index >= 15 is 0 Å². The molecule has 0 spiro atoms. The molecule has 6 nitrogen and oxygen atoms in total. The average Bonchev–Trinajstić information content (AvgIpc) is 2.95. The fraction of sp³-hybridized carbons (Fsp3) is 0.300. The Labute approximate surface area is 101 Å². The summed E-state index contributed by atoms with van der Waals surface area (Å²) in [6.07, 6.45) is 0.659. The quantitative estimate of drug-likeness (QED) is 0.877. The average molecular weight is 254 g/mol. The Morgan fingerprint density at radius 1 is 1.53 bits per heavy atom. The van der Waals surface area contributed by atoms with Crippen LogP contribution in [0.5, 0.6) is 5.75 Å². The Hall–Kier alpha value is -1.89. The van der Waals surface area contributed by atoms with Crippen molar-refractivity contribution in [3.05, 3.63) is 28.1 Å². The number of thiophene rings is 1. The maximum atomic E-state index is 10.8. The number of nitrogens with zero attached hydrogens (tertiary/aromatic N) is 2. The van der Waals surface area contributed by atoms with Crippen LogP contribution in [-0.4, -0.2) is 21.3 Å². The molecule has 17 heavy (non-hydrogen) atoms. The van der Waals surface area contributed by atoms with E-state index in [4.69, 9.17) is 14.3 Å². The molecule has 2 rings (SSSR count). The predicted octanol–water partition coefficient (Wildman–Crippen LogP) is 1.97. The van der Waals surface area contributed by atoms with Crippen molar-refractivity contribution in [2.24, 2.45) is 0 Å². The Bertz CT molecular complexity index is 520. The summed E-state index contributed by atoms with van der Waals surface area (Å²) in [5.74, 6) is 0.185. The first-order valence-corrected chi connectivity index (χ1v) is 5.83. The SMILES string of the molecule is CCc1nnc(COc2ccsc2C(=O)O)o1. The summed E-state index contributed by atoms with van der Waals surface area (Å²) in [6, 6.07) is 1.60. The zero-order valence-electron chi connectivity index (χ0n) is 9.04. The van der Waals surface area contributed by atoms with Crippen molar-refractivity contribution in [1.29, 1.82) is 0 Å². The molecule has 2 aromatic rings. The summed E-state index contributed by atoms with van der Waals surface area (Å²) in [4.78, 5) is 11.0. The molecule has 0 radical (unpaired) electrons.